The second-order valence-electron chi connectivity index (χ2n) is 6.49. The number of thiophene rings is 1. The first-order chi connectivity index (χ1) is 13.9. The van der Waals surface area contributed by atoms with E-state index in [1.807, 2.05) is 44.4 Å². The number of amides is 1. The minimum Gasteiger partial charge on any atom is -0.462 e. The van der Waals surface area contributed by atoms with Gasteiger partial charge in [-0.1, -0.05) is 18.2 Å². The van der Waals surface area contributed by atoms with Crippen LogP contribution in [0.25, 0.3) is 6.08 Å². The van der Waals surface area contributed by atoms with E-state index < -0.39 is 5.97 Å². The van der Waals surface area contributed by atoms with Crippen molar-refractivity contribution in [3.8, 4) is 0 Å². The first-order valence-electron chi connectivity index (χ1n) is 9.09. The van der Waals surface area contributed by atoms with E-state index in [9.17, 15) is 9.59 Å². The molecule has 0 bridgehead atoms. The molecule has 1 aliphatic heterocycles. The van der Waals surface area contributed by atoms with Crippen LogP contribution in [0.4, 0.5) is 10.7 Å². The number of hydrazone groups is 1. The molecule has 0 saturated carbocycles. The molecule has 1 aromatic heterocycles. The van der Waals surface area contributed by atoms with Gasteiger partial charge in [-0.15, -0.1) is 11.3 Å². The molecule has 1 aliphatic rings. The van der Waals surface area contributed by atoms with Crippen molar-refractivity contribution in [1.82, 2.24) is 4.90 Å². The summed E-state index contributed by atoms with van der Waals surface area (Å²) in [6.07, 6.45) is 3.36. The molecule has 2 aromatic rings. The molecule has 0 saturated heterocycles. The third-order valence-electron chi connectivity index (χ3n) is 3.98. The van der Waals surface area contributed by atoms with E-state index in [4.69, 9.17) is 4.74 Å². The third kappa shape index (κ3) is 4.60. The second kappa shape index (κ2) is 8.83. The summed E-state index contributed by atoms with van der Waals surface area (Å²) in [6, 6.07) is 11.0. The fourth-order valence-electron chi connectivity index (χ4n) is 2.66. The maximum Gasteiger partial charge on any atom is 0.341 e. The van der Waals surface area contributed by atoms with E-state index >= 15 is 0 Å². The molecule has 2 heterocycles. The molecule has 0 spiro atoms. The van der Waals surface area contributed by atoms with Crippen molar-refractivity contribution >= 4 is 52.0 Å². The summed E-state index contributed by atoms with van der Waals surface area (Å²) in [7, 11) is 3.69. The number of esters is 1. The molecule has 3 rings (SSSR count). The standard InChI is InChI=1S/C21H22N4O3S/c1-5-28-21(27)18-12-16(29-19(18)22-13-24(3)4)11-17-14(2)23-25(20(17)26)15-9-7-6-8-10-15/h6-13H,5H2,1-4H3. The lowest BCUT2D eigenvalue weighted by Gasteiger charge is -2.10. The molecule has 0 aliphatic carbocycles. The van der Waals surface area contributed by atoms with E-state index in [0.717, 1.165) is 4.88 Å². The first kappa shape index (κ1) is 20.5. The minimum atomic E-state index is -0.437. The van der Waals surface area contributed by atoms with Crippen molar-refractivity contribution in [3.05, 3.63) is 52.4 Å². The van der Waals surface area contributed by atoms with Crippen LogP contribution in [-0.4, -0.2) is 49.5 Å². The number of hydrogen-bond acceptors (Lipinski definition) is 6. The van der Waals surface area contributed by atoms with Gasteiger partial charge in [0, 0.05) is 19.0 Å². The number of aliphatic imine (C=N–C) groups is 1. The molecule has 150 valence electrons. The summed E-state index contributed by atoms with van der Waals surface area (Å²) < 4.78 is 5.14. The molecule has 0 unspecified atom stereocenters. The van der Waals surface area contributed by atoms with Crippen molar-refractivity contribution in [3.63, 3.8) is 0 Å². The summed E-state index contributed by atoms with van der Waals surface area (Å²) in [5.74, 6) is -0.647. The van der Waals surface area contributed by atoms with Crippen molar-refractivity contribution in [2.75, 3.05) is 25.7 Å². The van der Waals surface area contributed by atoms with Gasteiger partial charge < -0.3 is 9.64 Å². The van der Waals surface area contributed by atoms with Crippen LogP contribution >= 0.6 is 11.3 Å². The molecule has 0 fully saturated rings. The van der Waals surface area contributed by atoms with E-state index in [1.165, 1.54) is 16.3 Å². The van der Waals surface area contributed by atoms with Crippen LogP contribution in [0.5, 0.6) is 0 Å². The average molecular weight is 410 g/mol. The Morgan fingerprint density at radius 2 is 2.03 bits per heavy atom. The SMILES string of the molecule is CCOC(=O)c1cc(C=C2C(=O)N(c3ccccc3)N=C2C)sc1N=CN(C)C. The fourth-order valence-corrected chi connectivity index (χ4v) is 3.59. The Hall–Kier alpha value is -3.26. The Labute approximate surface area is 173 Å². The molecule has 1 amide bonds. The summed E-state index contributed by atoms with van der Waals surface area (Å²) in [6.45, 7) is 3.82. The topological polar surface area (TPSA) is 74.6 Å². The Morgan fingerprint density at radius 3 is 2.69 bits per heavy atom. The number of rotatable bonds is 6. The summed E-state index contributed by atoms with van der Waals surface area (Å²) in [5.41, 5.74) is 2.17. The number of hydrogen-bond donors (Lipinski definition) is 0. The predicted molar refractivity (Wildman–Crippen MR) is 117 cm³/mol. The summed E-state index contributed by atoms with van der Waals surface area (Å²) in [5, 5.41) is 6.29. The van der Waals surface area contributed by atoms with Crippen LogP contribution < -0.4 is 5.01 Å². The van der Waals surface area contributed by atoms with E-state index in [-0.39, 0.29) is 12.5 Å². The smallest absolute Gasteiger partial charge is 0.341 e. The molecular formula is C21H22N4O3S. The van der Waals surface area contributed by atoms with Crippen LogP contribution in [0.3, 0.4) is 0 Å². The fraction of sp³-hybridized carbons (Fsp3) is 0.238. The largest absolute Gasteiger partial charge is 0.462 e. The van der Waals surface area contributed by atoms with Crippen LogP contribution in [0.2, 0.25) is 0 Å². The average Bonchev–Trinajstić information content (AvgIpc) is 3.23. The van der Waals surface area contributed by atoms with Gasteiger partial charge in [0.2, 0.25) is 0 Å². The van der Waals surface area contributed by atoms with Crippen molar-refractivity contribution in [1.29, 1.82) is 0 Å². The molecule has 0 N–H and O–H groups in total. The van der Waals surface area contributed by atoms with E-state index in [1.54, 1.807) is 37.2 Å². The summed E-state index contributed by atoms with van der Waals surface area (Å²) >= 11 is 1.32. The zero-order valence-corrected chi connectivity index (χ0v) is 17.6. The molecule has 0 atom stereocenters. The lowest BCUT2D eigenvalue weighted by Crippen LogP contribution is -2.21. The van der Waals surface area contributed by atoms with Gasteiger partial charge in [0.1, 0.15) is 5.00 Å². The Bertz CT molecular complexity index is 1010. The first-order valence-corrected chi connectivity index (χ1v) is 9.90. The maximum atomic E-state index is 12.9. The van der Waals surface area contributed by atoms with Gasteiger partial charge in [0.15, 0.2) is 0 Å². The monoisotopic (exact) mass is 410 g/mol. The number of carbonyl (C=O) groups is 2. The van der Waals surface area contributed by atoms with Crippen LogP contribution in [0, 0.1) is 0 Å². The van der Waals surface area contributed by atoms with Crippen molar-refractivity contribution in [2.45, 2.75) is 13.8 Å². The van der Waals surface area contributed by atoms with Gasteiger partial charge in [0.25, 0.3) is 5.91 Å². The van der Waals surface area contributed by atoms with Crippen LogP contribution in [0.1, 0.15) is 29.1 Å². The Kier molecular flexibility index (Phi) is 6.23. The normalized spacial score (nSPS) is 15.3. The van der Waals surface area contributed by atoms with E-state index in [2.05, 4.69) is 10.1 Å². The molecule has 0 radical (unpaired) electrons. The maximum absolute atomic E-state index is 12.9. The van der Waals surface area contributed by atoms with Gasteiger partial charge in [-0.05, 0) is 38.1 Å². The molecular weight excluding hydrogens is 388 g/mol. The highest BCUT2D eigenvalue weighted by molar-refractivity contribution is 7.17. The molecule has 1 aromatic carbocycles. The van der Waals surface area contributed by atoms with Gasteiger partial charge in [-0.2, -0.15) is 10.1 Å². The highest BCUT2D eigenvalue weighted by Crippen LogP contribution is 2.34. The van der Waals surface area contributed by atoms with Gasteiger partial charge >= 0.3 is 5.97 Å². The lowest BCUT2D eigenvalue weighted by atomic mass is 10.1. The van der Waals surface area contributed by atoms with E-state index in [0.29, 0.717) is 27.5 Å². The third-order valence-corrected chi connectivity index (χ3v) is 4.97. The van der Waals surface area contributed by atoms with Gasteiger partial charge in [-0.3, -0.25) is 4.79 Å². The molecule has 29 heavy (non-hydrogen) atoms. The number of nitrogens with zero attached hydrogens (tertiary/aromatic N) is 4. The zero-order chi connectivity index (χ0) is 21.0. The predicted octanol–water partition coefficient (Wildman–Crippen LogP) is 3.95. The van der Waals surface area contributed by atoms with Crippen LogP contribution in [-0.2, 0) is 9.53 Å². The zero-order valence-electron chi connectivity index (χ0n) is 16.7. The molecule has 8 heteroatoms. The van der Waals surface area contributed by atoms with Crippen LogP contribution in [0.15, 0.2) is 52.1 Å². The Balaban J connectivity index is 1.95. The highest BCUT2D eigenvalue weighted by Gasteiger charge is 2.29. The second-order valence-corrected chi connectivity index (χ2v) is 7.55. The van der Waals surface area contributed by atoms with Gasteiger partial charge in [0.05, 0.1) is 35.5 Å². The quantitative estimate of drug-likeness (QED) is 0.313. The number of anilines is 1. The number of ether oxygens (including phenoxy) is 1. The number of carbonyl (C=O) groups excluding carboxylic acids is 2. The minimum absolute atomic E-state index is 0.210. The highest BCUT2D eigenvalue weighted by atomic mass is 32.1. The summed E-state index contributed by atoms with van der Waals surface area (Å²) in [4.78, 5) is 32.1. The Morgan fingerprint density at radius 1 is 1.31 bits per heavy atom. The number of benzene rings is 1. The molecule has 7 nitrogen and oxygen atoms in total. The van der Waals surface area contributed by atoms with Gasteiger partial charge in [-0.25, -0.2) is 9.79 Å². The number of para-hydroxylation sites is 1. The van der Waals surface area contributed by atoms with Crippen molar-refractivity contribution < 1.29 is 14.3 Å². The lowest BCUT2D eigenvalue weighted by molar-refractivity contribution is -0.114. The van der Waals surface area contributed by atoms with Crippen molar-refractivity contribution in [2.24, 2.45) is 10.1 Å².